The molecule has 16 heavy (non-hydrogen) atoms. The first kappa shape index (κ1) is 15.2. The van der Waals surface area contributed by atoms with Gasteiger partial charge in [-0.25, -0.2) is 0 Å². The van der Waals surface area contributed by atoms with E-state index in [1.54, 1.807) is 4.90 Å². The van der Waals surface area contributed by atoms with E-state index in [2.05, 4.69) is 33.8 Å². The van der Waals surface area contributed by atoms with Crippen molar-refractivity contribution in [1.29, 1.82) is 0 Å². The van der Waals surface area contributed by atoms with E-state index < -0.39 is 0 Å². The molecule has 0 aromatic carbocycles. The van der Waals surface area contributed by atoms with Gasteiger partial charge in [-0.15, -0.1) is 0 Å². The highest BCUT2D eigenvalue weighted by molar-refractivity contribution is 5.80. The maximum absolute atomic E-state index is 12.0. The molecule has 0 saturated heterocycles. The van der Waals surface area contributed by atoms with Gasteiger partial charge in [0.25, 0.3) is 0 Å². The van der Waals surface area contributed by atoms with Crippen LogP contribution < -0.4 is 0 Å². The second-order valence-corrected chi connectivity index (χ2v) is 5.17. The normalized spacial score (nSPS) is 16.1. The summed E-state index contributed by atoms with van der Waals surface area (Å²) in [6, 6.07) is 0. The van der Waals surface area contributed by atoms with E-state index in [0.717, 1.165) is 6.42 Å². The largest absolute Gasteiger partial charge is 0.348 e. The first-order valence-electron chi connectivity index (χ1n) is 6.23. The smallest absolute Gasteiger partial charge is 0.228 e. The van der Waals surface area contributed by atoms with Gasteiger partial charge in [0.15, 0.2) is 0 Å². The zero-order chi connectivity index (χ0) is 12.9. The minimum atomic E-state index is 0.00681. The quantitative estimate of drug-likeness (QED) is 0.657. The molecule has 0 radical (unpaired) electrons. The first-order chi connectivity index (χ1) is 7.31. The average molecular weight is 225 g/mol. The highest BCUT2D eigenvalue weighted by atomic mass is 16.2. The Kier molecular flexibility index (Phi) is 6.39. The monoisotopic (exact) mass is 225 g/mol. The van der Waals surface area contributed by atoms with Gasteiger partial charge >= 0.3 is 0 Å². The van der Waals surface area contributed by atoms with Gasteiger partial charge in [-0.05, 0) is 25.2 Å². The third-order valence-corrected chi connectivity index (χ3v) is 3.02. The summed E-state index contributed by atoms with van der Waals surface area (Å²) in [6.45, 7) is 10.7. The molecule has 2 atom stereocenters. The lowest BCUT2D eigenvalue weighted by Gasteiger charge is -2.24. The van der Waals surface area contributed by atoms with E-state index in [4.69, 9.17) is 0 Å². The van der Waals surface area contributed by atoms with Crippen molar-refractivity contribution < 1.29 is 4.79 Å². The lowest BCUT2D eigenvalue weighted by atomic mass is 9.85. The fourth-order valence-electron chi connectivity index (χ4n) is 1.89. The Balaban J connectivity index is 4.98. The number of carbonyl (C=O) groups excluding carboxylic acids is 1. The molecule has 0 saturated carbocycles. The summed E-state index contributed by atoms with van der Waals surface area (Å²) in [5.41, 5.74) is 1.29. The third kappa shape index (κ3) is 4.38. The molecule has 0 aromatic heterocycles. The van der Waals surface area contributed by atoms with Gasteiger partial charge in [0, 0.05) is 14.1 Å². The molecule has 1 amide bonds. The van der Waals surface area contributed by atoms with Crippen LogP contribution in [0.4, 0.5) is 0 Å². The Morgan fingerprint density at radius 1 is 1.19 bits per heavy atom. The highest BCUT2D eigenvalue weighted by Gasteiger charge is 2.22. The van der Waals surface area contributed by atoms with Gasteiger partial charge < -0.3 is 4.90 Å². The predicted molar refractivity (Wildman–Crippen MR) is 70.2 cm³/mol. The lowest BCUT2D eigenvalue weighted by molar-refractivity contribution is -0.131. The van der Waals surface area contributed by atoms with Crippen molar-refractivity contribution in [3.05, 3.63) is 11.6 Å². The molecule has 0 N–H and O–H groups in total. The van der Waals surface area contributed by atoms with Gasteiger partial charge in [0.2, 0.25) is 5.91 Å². The van der Waals surface area contributed by atoms with E-state index in [1.165, 1.54) is 5.57 Å². The van der Waals surface area contributed by atoms with Gasteiger partial charge in [-0.2, -0.15) is 0 Å². The zero-order valence-electron chi connectivity index (χ0n) is 11.9. The summed E-state index contributed by atoms with van der Waals surface area (Å²) in [5, 5.41) is 0. The molecule has 0 aliphatic rings. The average Bonchev–Trinajstić information content (AvgIpc) is 2.22. The van der Waals surface area contributed by atoms with Crippen LogP contribution in [0.5, 0.6) is 0 Å². The maximum Gasteiger partial charge on any atom is 0.228 e. The number of carbonyl (C=O) groups is 1. The Hall–Kier alpha value is -0.790. The SMILES string of the molecule is CCC(C)C(=CC(C)C)C(C)C(=O)N(C)C. The molecule has 0 heterocycles. The Labute approximate surface area is 101 Å². The summed E-state index contributed by atoms with van der Waals surface area (Å²) >= 11 is 0. The molecule has 0 bridgehead atoms. The van der Waals surface area contributed by atoms with Gasteiger partial charge in [0.1, 0.15) is 0 Å². The molecule has 0 aliphatic heterocycles. The molecule has 0 fully saturated rings. The molecular formula is C14H27NO. The molecule has 0 spiro atoms. The van der Waals surface area contributed by atoms with Crippen molar-refractivity contribution in [2.75, 3.05) is 14.1 Å². The number of rotatable bonds is 5. The predicted octanol–water partition coefficient (Wildman–Crippen LogP) is 3.34. The van der Waals surface area contributed by atoms with Crippen molar-refractivity contribution >= 4 is 5.91 Å². The van der Waals surface area contributed by atoms with Gasteiger partial charge in [-0.1, -0.05) is 39.3 Å². The topological polar surface area (TPSA) is 20.3 Å². The summed E-state index contributed by atoms with van der Waals surface area (Å²) in [4.78, 5) is 13.7. The first-order valence-corrected chi connectivity index (χ1v) is 6.23. The van der Waals surface area contributed by atoms with Crippen molar-refractivity contribution in [3.8, 4) is 0 Å². The number of hydrogen-bond acceptors (Lipinski definition) is 1. The van der Waals surface area contributed by atoms with Crippen molar-refractivity contribution in [2.45, 2.75) is 41.0 Å². The zero-order valence-corrected chi connectivity index (χ0v) is 11.9. The number of nitrogens with zero attached hydrogens (tertiary/aromatic N) is 1. The lowest BCUT2D eigenvalue weighted by Crippen LogP contribution is -2.30. The fraction of sp³-hybridized carbons (Fsp3) is 0.786. The Morgan fingerprint density at radius 2 is 1.69 bits per heavy atom. The standard InChI is InChI=1S/C14H27NO/c1-8-11(4)13(9-10(2)3)12(5)14(16)15(6)7/h9-12H,8H2,1-7H3. The number of allylic oxidation sites excluding steroid dienone is 1. The van der Waals surface area contributed by atoms with Crippen LogP contribution in [0.2, 0.25) is 0 Å². The maximum atomic E-state index is 12.0. The van der Waals surface area contributed by atoms with Crippen molar-refractivity contribution in [1.82, 2.24) is 4.90 Å². The van der Waals surface area contributed by atoms with E-state index >= 15 is 0 Å². The van der Waals surface area contributed by atoms with Crippen LogP contribution in [0.25, 0.3) is 0 Å². The molecule has 94 valence electrons. The molecule has 2 unspecified atom stereocenters. The third-order valence-electron chi connectivity index (χ3n) is 3.02. The molecule has 0 aromatic rings. The highest BCUT2D eigenvalue weighted by Crippen LogP contribution is 2.25. The van der Waals surface area contributed by atoms with Crippen LogP contribution in [0.15, 0.2) is 11.6 Å². The van der Waals surface area contributed by atoms with Crippen LogP contribution in [0.3, 0.4) is 0 Å². The van der Waals surface area contributed by atoms with E-state index in [-0.39, 0.29) is 11.8 Å². The fourth-order valence-corrected chi connectivity index (χ4v) is 1.89. The van der Waals surface area contributed by atoms with Crippen LogP contribution in [-0.4, -0.2) is 24.9 Å². The molecule has 0 rings (SSSR count). The minimum Gasteiger partial charge on any atom is -0.348 e. The van der Waals surface area contributed by atoms with Crippen LogP contribution >= 0.6 is 0 Å². The Morgan fingerprint density at radius 3 is 2.00 bits per heavy atom. The second-order valence-electron chi connectivity index (χ2n) is 5.17. The summed E-state index contributed by atoms with van der Waals surface area (Å²) in [7, 11) is 3.64. The van der Waals surface area contributed by atoms with Crippen LogP contribution in [-0.2, 0) is 4.79 Å². The summed E-state index contributed by atoms with van der Waals surface area (Å²) in [6.07, 6.45) is 3.34. The van der Waals surface area contributed by atoms with E-state index in [1.807, 2.05) is 21.0 Å². The minimum absolute atomic E-state index is 0.00681. The number of hydrogen-bond donors (Lipinski definition) is 0. The van der Waals surface area contributed by atoms with Crippen molar-refractivity contribution in [3.63, 3.8) is 0 Å². The Bertz CT molecular complexity index is 253. The van der Waals surface area contributed by atoms with Crippen LogP contribution in [0.1, 0.15) is 41.0 Å². The molecule has 2 nitrogen and oxygen atoms in total. The van der Waals surface area contributed by atoms with Gasteiger partial charge in [0.05, 0.1) is 5.92 Å². The van der Waals surface area contributed by atoms with Crippen LogP contribution in [0, 0.1) is 17.8 Å². The molecule has 0 aliphatic carbocycles. The second kappa shape index (κ2) is 6.72. The molecule has 2 heteroatoms. The van der Waals surface area contributed by atoms with E-state index in [0.29, 0.717) is 11.8 Å². The van der Waals surface area contributed by atoms with E-state index in [9.17, 15) is 4.79 Å². The van der Waals surface area contributed by atoms with Crippen molar-refractivity contribution in [2.24, 2.45) is 17.8 Å². The molecular weight excluding hydrogens is 198 g/mol. The number of amides is 1. The van der Waals surface area contributed by atoms with Gasteiger partial charge in [-0.3, -0.25) is 4.79 Å². The summed E-state index contributed by atoms with van der Waals surface area (Å²) < 4.78 is 0. The summed E-state index contributed by atoms with van der Waals surface area (Å²) in [5.74, 6) is 1.20.